The normalized spacial score (nSPS) is 22.6. The van der Waals surface area contributed by atoms with Gasteiger partial charge in [-0.2, -0.15) is 4.31 Å². The third-order valence-electron chi connectivity index (χ3n) is 5.74. The quantitative estimate of drug-likeness (QED) is 0.806. The molecule has 1 fully saturated rings. The molecule has 1 saturated heterocycles. The summed E-state index contributed by atoms with van der Waals surface area (Å²) in [5.41, 5.74) is -0.156. The van der Waals surface area contributed by atoms with E-state index < -0.39 is 10.0 Å². The van der Waals surface area contributed by atoms with Gasteiger partial charge >= 0.3 is 0 Å². The van der Waals surface area contributed by atoms with Gasteiger partial charge < -0.3 is 9.15 Å². The van der Waals surface area contributed by atoms with E-state index in [1.807, 2.05) is 25.1 Å². The molecule has 7 heteroatoms. The van der Waals surface area contributed by atoms with Crippen LogP contribution in [0.1, 0.15) is 25.5 Å². The Morgan fingerprint density at radius 1 is 1.11 bits per heavy atom. The van der Waals surface area contributed by atoms with E-state index >= 15 is 0 Å². The molecule has 0 aliphatic carbocycles. The Hall–Kier alpha value is -1.83. The lowest BCUT2D eigenvalue weighted by Gasteiger charge is -2.44. The van der Waals surface area contributed by atoms with Crippen LogP contribution in [0.15, 0.2) is 52.0 Å². The van der Waals surface area contributed by atoms with Crippen LogP contribution in [-0.2, 0) is 16.6 Å². The zero-order valence-electron chi connectivity index (χ0n) is 15.6. The van der Waals surface area contributed by atoms with Crippen molar-refractivity contribution in [2.24, 2.45) is 5.41 Å². The summed E-state index contributed by atoms with van der Waals surface area (Å²) in [6.07, 6.45) is 3.51. The number of fused-ring (bicyclic) bond motifs is 1. The van der Waals surface area contributed by atoms with Crippen molar-refractivity contribution in [1.82, 2.24) is 9.21 Å². The molecule has 2 aromatic rings. The molecule has 2 aliphatic heterocycles. The van der Waals surface area contributed by atoms with E-state index in [1.165, 1.54) is 0 Å². The number of ether oxygens (including phenoxy) is 1. The van der Waals surface area contributed by atoms with Gasteiger partial charge in [0.2, 0.25) is 10.0 Å². The van der Waals surface area contributed by atoms with Gasteiger partial charge in [-0.15, -0.1) is 0 Å². The molecule has 146 valence electrons. The molecular formula is C20H26N2O4S. The minimum absolute atomic E-state index is 0.156. The number of rotatable bonds is 3. The van der Waals surface area contributed by atoms with Crippen molar-refractivity contribution >= 4 is 10.0 Å². The number of hydrogen-bond acceptors (Lipinski definition) is 5. The van der Waals surface area contributed by atoms with Gasteiger partial charge in [-0.1, -0.05) is 19.1 Å². The third kappa shape index (κ3) is 3.63. The molecule has 0 atom stereocenters. The van der Waals surface area contributed by atoms with Crippen LogP contribution in [0.4, 0.5) is 0 Å². The Kier molecular flexibility index (Phi) is 5.01. The molecule has 2 aliphatic rings. The Labute approximate surface area is 160 Å². The molecular weight excluding hydrogens is 364 g/mol. The highest BCUT2D eigenvalue weighted by Crippen LogP contribution is 2.39. The fraction of sp³-hybridized carbons (Fsp3) is 0.500. The molecule has 1 spiro atoms. The van der Waals surface area contributed by atoms with Crippen molar-refractivity contribution < 1.29 is 17.6 Å². The first-order valence-electron chi connectivity index (χ1n) is 9.49. The van der Waals surface area contributed by atoms with Crippen LogP contribution in [0.3, 0.4) is 0 Å². The number of para-hydroxylation sites is 1. The average molecular weight is 391 g/mol. The second-order valence-electron chi connectivity index (χ2n) is 7.52. The maximum Gasteiger partial charge on any atom is 0.246 e. The molecule has 27 heavy (non-hydrogen) atoms. The fourth-order valence-electron chi connectivity index (χ4n) is 4.05. The SMILES string of the molecule is CCN1CC2(CCN(Cc3ccco3)CC2)COc2ccccc2S1(=O)=O. The smallest absolute Gasteiger partial charge is 0.246 e. The minimum atomic E-state index is -3.54. The van der Waals surface area contributed by atoms with E-state index in [0.29, 0.717) is 25.4 Å². The largest absolute Gasteiger partial charge is 0.492 e. The van der Waals surface area contributed by atoms with Crippen molar-refractivity contribution in [2.75, 3.05) is 32.8 Å². The standard InChI is InChI=1S/C20H26N2O4S/c1-2-22-15-20(9-11-21(12-10-20)14-17-6-5-13-25-17)16-26-18-7-3-4-8-19(18)27(22,23)24/h3-8,13H,2,9-12,14-16H2,1H3. The maximum atomic E-state index is 13.1. The summed E-state index contributed by atoms with van der Waals surface area (Å²) in [5.74, 6) is 1.43. The van der Waals surface area contributed by atoms with Crippen molar-refractivity contribution in [2.45, 2.75) is 31.2 Å². The summed E-state index contributed by atoms with van der Waals surface area (Å²) in [5, 5.41) is 0. The molecule has 0 amide bonds. The molecule has 6 nitrogen and oxygen atoms in total. The summed E-state index contributed by atoms with van der Waals surface area (Å²) in [6, 6.07) is 10.9. The van der Waals surface area contributed by atoms with Crippen LogP contribution in [-0.4, -0.2) is 50.4 Å². The van der Waals surface area contributed by atoms with Crippen molar-refractivity contribution in [1.29, 1.82) is 0 Å². The van der Waals surface area contributed by atoms with Gasteiger partial charge in [-0.05, 0) is 50.2 Å². The molecule has 1 aromatic heterocycles. The first-order chi connectivity index (χ1) is 13.0. The van der Waals surface area contributed by atoms with Gasteiger partial charge in [0.25, 0.3) is 0 Å². The van der Waals surface area contributed by atoms with Crippen LogP contribution in [0.2, 0.25) is 0 Å². The minimum Gasteiger partial charge on any atom is -0.492 e. The Balaban J connectivity index is 1.55. The number of likely N-dealkylation sites (tertiary alicyclic amines) is 1. The van der Waals surface area contributed by atoms with Crippen LogP contribution >= 0.6 is 0 Å². The van der Waals surface area contributed by atoms with Gasteiger partial charge in [0, 0.05) is 18.5 Å². The average Bonchev–Trinajstić information content (AvgIpc) is 3.19. The van der Waals surface area contributed by atoms with Crippen LogP contribution < -0.4 is 4.74 Å². The summed E-state index contributed by atoms with van der Waals surface area (Å²) in [4.78, 5) is 2.64. The lowest BCUT2D eigenvalue weighted by Crippen LogP contribution is -2.51. The number of sulfonamides is 1. The maximum absolute atomic E-state index is 13.1. The summed E-state index contributed by atoms with van der Waals surface area (Å²) in [7, 11) is -3.54. The highest BCUT2D eigenvalue weighted by atomic mass is 32.2. The monoisotopic (exact) mass is 390 g/mol. The van der Waals surface area contributed by atoms with Crippen molar-refractivity contribution in [3.8, 4) is 5.75 Å². The molecule has 0 radical (unpaired) electrons. The summed E-state index contributed by atoms with van der Waals surface area (Å²) in [6.45, 7) is 6.03. The molecule has 4 rings (SSSR count). The number of piperidine rings is 1. The van der Waals surface area contributed by atoms with E-state index in [9.17, 15) is 8.42 Å². The molecule has 1 aromatic carbocycles. The molecule has 0 saturated carbocycles. The number of benzene rings is 1. The van der Waals surface area contributed by atoms with Gasteiger partial charge in [0.1, 0.15) is 16.4 Å². The van der Waals surface area contributed by atoms with Crippen LogP contribution in [0.25, 0.3) is 0 Å². The predicted octanol–water partition coefficient (Wildman–Crippen LogP) is 2.97. The topological polar surface area (TPSA) is 63.0 Å². The van der Waals surface area contributed by atoms with Crippen molar-refractivity contribution in [3.05, 3.63) is 48.4 Å². The molecule has 3 heterocycles. The number of furan rings is 1. The van der Waals surface area contributed by atoms with Crippen LogP contribution in [0.5, 0.6) is 5.75 Å². The van der Waals surface area contributed by atoms with E-state index in [0.717, 1.165) is 38.2 Å². The number of hydrogen-bond donors (Lipinski definition) is 0. The van der Waals surface area contributed by atoms with Gasteiger partial charge in [0.15, 0.2) is 0 Å². The van der Waals surface area contributed by atoms with Gasteiger partial charge in [-0.25, -0.2) is 8.42 Å². The highest BCUT2D eigenvalue weighted by Gasteiger charge is 2.42. The second kappa shape index (κ2) is 7.30. The molecule has 0 N–H and O–H groups in total. The van der Waals surface area contributed by atoms with Gasteiger partial charge in [-0.3, -0.25) is 4.90 Å². The predicted molar refractivity (Wildman–Crippen MR) is 102 cm³/mol. The van der Waals surface area contributed by atoms with Crippen LogP contribution in [0, 0.1) is 5.41 Å². The lowest BCUT2D eigenvalue weighted by atomic mass is 9.78. The van der Waals surface area contributed by atoms with Crippen molar-refractivity contribution in [3.63, 3.8) is 0 Å². The first kappa shape index (κ1) is 18.5. The van der Waals surface area contributed by atoms with E-state index in [2.05, 4.69) is 4.90 Å². The van der Waals surface area contributed by atoms with E-state index in [4.69, 9.17) is 9.15 Å². The first-order valence-corrected chi connectivity index (χ1v) is 10.9. The summed E-state index contributed by atoms with van der Waals surface area (Å²) < 4.78 is 39.4. The van der Waals surface area contributed by atoms with E-state index in [1.54, 1.807) is 28.8 Å². The second-order valence-corrected chi connectivity index (χ2v) is 9.43. The number of nitrogens with zero attached hydrogens (tertiary/aromatic N) is 2. The lowest BCUT2D eigenvalue weighted by molar-refractivity contribution is 0.0313. The van der Waals surface area contributed by atoms with E-state index in [-0.39, 0.29) is 10.3 Å². The zero-order valence-corrected chi connectivity index (χ0v) is 16.5. The zero-order chi connectivity index (χ0) is 18.9. The van der Waals surface area contributed by atoms with Gasteiger partial charge in [0.05, 0.1) is 19.4 Å². The Bertz CT molecular complexity index is 871. The highest BCUT2D eigenvalue weighted by molar-refractivity contribution is 7.89. The molecule has 0 bridgehead atoms. The fourth-order valence-corrected chi connectivity index (χ4v) is 5.74. The third-order valence-corrected chi connectivity index (χ3v) is 7.70. The molecule has 0 unspecified atom stereocenters. The Morgan fingerprint density at radius 3 is 2.59 bits per heavy atom. The Morgan fingerprint density at radius 2 is 1.89 bits per heavy atom. The summed E-state index contributed by atoms with van der Waals surface area (Å²) >= 11 is 0.